The smallest absolute Gasteiger partial charge is 0.473 e. The van der Waals surface area contributed by atoms with Gasteiger partial charge in [0.2, 0.25) is 15.9 Å². The minimum Gasteiger partial charge on any atom is -0.473 e. The first kappa shape index (κ1) is 19.9. The molecule has 11 heteroatoms. The summed E-state index contributed by atoms with van der Waals surface area (Å²) < 4.78 is 74.6. The second-order valence-electron chi connectivity index (χ2n) is 5.70. The summed E-state index contributed by atoms with van der Waals surface area (Å²) in [5.74, 6) is -0.424. The zero-order valence-corrected chi connectivity index (χ0v) is 16.1. The number of alkyl halides is 3. The number of hydrogen-bond acceptors (Lipinski definition) is 5. The van der Waals surface area contributed by atoms with E-state index >= 15 is 0 Å². The summed E-state index contributed by atoms with van der Waals surface area (Å²) in [6.07, 6.45) is -3.51. The van der Waals surface area contributed by atoms with Crippen molar-refractivity contribution in [3.8, 4) is 11.6 Å². The summed E-state index contributed by atoms with van der Waals surface area (Å²) in [6.45, 7) is 0.115. The molecule has 0 amide bonds. The van der Waals surface area contributed by atoms with Crippen LogP contribution < -0.4 is 9.47 Å². The molecule has 0 radical (unpaired) electrons. The van der Waals surface area contributed by atoms with Gasteiger partial charge in [-0.05, 0) is 40.5 Å². The van der Waals surface area contributed by atoms with Crippen molar-refractivity contribution in [1.82, 2.24) is 9.29 Å². The van der Waals surface area contributed by atoms with Gasteiger partial charge < -0.3 is 9.47 Å². The Hall–Kier alpha value is -1.85. The Kier molecular flexibility index (Phi) is 5.63. The summed E-state index contributed by atoms with van der Waals surface area (Å²) in [7, 11) is -4.17. The number of sulfonamides is 1. The molecule has 2 aromatic rings. The van der Waals surface area contributed by atoms with Crippen LogP contribution in [0.15, 0.2) is 52.0 Å². The quantitative estimate of drug-likeness (QED) is 0.673. The highest BCUT2D eigenvalue weighted by molar-refractivity contribution is 9.10. The lowest BCUT2D eigenvalue weighted by atomic mass is 10.3. The maximum atomic E-state index is 12.8. The predicted octanol–water partition coefficient (Wildman–Crippen LogP) is 3.58. The zero-order valence-electron chi connectivity index (χ0n) is 13.7. The van der Waals surface area contributed by atoms with E-state index in [4.69, 9.17) is 4.74 Å². The van der Waals surface area contributed by atoms with Gasteiger partial charge in [0, 0.05) is 23.3 Å². The number of para-hydroxylation sites is 1. The van der Waals surface area contributed by atoms with E-state index in [1.165, 1.54) is 12.1 Å². The Morgan fingerprint density at radius 3 is 2.59 bits per heavy atom. The zero-order chi connectivity index (χ0) is 19.7. The molecule has 2 heterocycles. The Balaban J connectivity index is 1.76. The summed E-state index contributed by atoms with van der Waals surface area (Å²) in [5.41, 5.74) is 0. The lowest BCUT2D eigenvalue weighted by molar-refractivity contribution is -0.275. The molecule has 1 aliphatic heterocycles. The van der Waals surface area contributed by atoms with Crippen molar-refractivity contribution in [3.63, 3.8) is 0 Å². The van der Waals surface area contributed by atoms with Gasteiger partial charge in [-0.3, -0.25) is 0 Å². The van der Waals surface area contributed by atoms with Crippen molar-refractivity contribution >= 4 is 26.0 Å². The minimum atomic E-state index is -4.99. The van der Waals surface area contributed by atoms with Crippen LogP contribution in [0.25, 0.3) is 0 Å². The van der Waals surface area contributed by atoms with Crippen molar-refractivity contribution in [2.75, 3.05) is 13.1 Å². The monoisotopic (exact) mass is 466 g/mol. The van der Waals surface area contributed by atoms with Gasteiger partial charge in [-0.2, -0.15) is 4.31 Å². The van der Waals surface area contributed by atoms with Crippen LogP contribution in [-0.2, 0) is 10.0 Å². The molecular formula is C16H14BrF3N2O4S. The molecule has 1 atom stereocenters. The van der Waals surface area contributed by atoms with Gasteiger partial charge in [0.25, 0.3) is 0 Å². The SMILES string of the molecule is O=S(=O)(c1ccccc1OC(F)(F)F)N1CCC(Oc2ccc(Br)cn2)C1. The third kappa shape index (κ3) is 4.90. The van der Waals surface area contributed by atoms with Crippen molar-refractivity contribution in [3.05, 3.63) is 47.1 Å². The molecule has 1 aromatic heterocycles. The van der Waals surface area contributed by atoms with E-state index < -0.39 is 33.1 Å². The summed E-state index contributed by atoms with van der Waals surface area (Å²) in [5, 5.41) is 0. The van der Waals surface area contributed by atoms with Crippen LogP contribution in [0.5, 0.6) is 11.6 Å². The van der Waals surface area contributed by atoms with E-state index in [-0.39, 0.29) is 13.1 Å². The first-order chi connectivity index (χ1) is 12.6. The summed E-state index contributed by atoms with van der Waals surface area (Å²) in [4.78, 5) is 3.52. The third-order valence-electron chi connectivity index (χ3n) is 3.79. The van der Waals surface area contributed by atoms with Crippen LogP contribution in [-0.4, -0.2) is 43.3 Å². The highest BCUT2D eigenvalue weighted by atomic mass is 79.9. The van der Waals surface area contributed by atoms with Gasteiger partial charge in [-0.15, -0.1) is 13.2 Å². The third-order valence-corrected chi connectivity index (χ3v) is 6.16. The van der Waals surface area contributed by atoms with E-state index in [1.807, 2.05) is 0 Å². The lowest BCUT2D eigenvalue weighted by Gasteiger charge is -2.19. The van der Waals surface area contributed by atoms with Gasteiger partial charge in [0.05, 0.1) is 6.54 Å². The molecule has 3 rings (SSSR count). The molecular weight excluding hydrogens is 453 g/mol. The van der Waals surface area contributed by atoms with Gasteiger partial charge in [0.15, 0.2) is 0 Å². The molecule has 0 N–H and O–H groups in total. The largest absolute Gasteiger partial charge is 0.573 e. The number of rotatable bonds is 5. The minimum absolute atomic E-state index is 0.000426. The Labute approximate surface area is 162 Å². The Morgan fingerprint density at radius 2 is 1.93 bits per heavy atom. The van der Waals surface area contributed by atoms with E-state index in [0.29, 0.717) is 12.3 Å². The second-order valence-corrected chi connectivity index (χ2v) is 8.52. The Morgan fingerprint density at radius 1 is 1.19 bits per heavy atom. The van der Waals surface area contributed by atoms with Crippen molar-refractivity contribution < 1.29 is 31.1 Å². The van der Waals surface area contributed by atoms with Crippen LogP contribution >= 0.6 is 15.9 Å². The number of halogens is 4. The van der Waals surface area contributed by atoms with Crippen molar-refractivity contribution in [2.45, 2.75) is 23.8 Å². The normalized spacial score (nSPS) is 18.4. The van der Waals surface area contributed by atoms with Gasteiger partial charge >= 0.3 is 6.36 Å². The molecule has 1 unspecified atom stereocenters. The first-order valence-electron chi connectivity index (χ1n) is 7.78. The fourth-order valence-corrected chi connectivity index (χ4v) is 4.46. The number of hydrogen-bond donors (Lipinski definition) is 0. The molecule has 0 saturated carbocycles. The number of aromatic nitrogens is 1. The number of pyridine rings is 1. The summed E-state index contributed by atoms with van der Waals surface area (Å²) in [6, 6.07) is 8.03. The van der Waals surface area contributed by atoms with E-state index in [0.717, 1.165) is 20.9 Å². The molecule has 0 spiro atoms. The van der Waals surface area contributed by atoms with E-state index in [2.05, 4.69) is 25.7 Å². The molecule has 1 fully saturated rings. The molecule has 0 aliphatic carbocycles. The van der Waals surface area contributed by atoms with E-state index in [9.17, 15) is 21.6 Å². The van der Waals surface area contributed by atoms with E-state index in [1.54, 1.807) is 18.3 Å². The molecule has 1 saturated heterocycles. The predicted molar refractivity (Wildman–Crippen MR) is 92.9 cm³/mol. The van der Waals surface area contributed by atoms with Crippen LogP contribution in [0.4, 0.5) is 13.2 Å². The first-order valence-corrected chi connectivity index (χ1v) is 10.0. The van der Waals surface area contributed by atoms with Crippen LogP contribution in [0.2, 0.25) is 0 Å². The summed E-state index contributed by atoms with van der Waals surface area (Å²) >= 11 is 3.25. The highest BCUT2D eigenvalue weighted by Gasteiger charge is 2.38. The lowest BCUT2D eigenvalue weighted by Crippen LogP contribution is -2.32. The standard InChI is InChI=1S/C16H14BrF3N2O4S/c17-11-5-6-15(21-9-11)25-12-7-8-22(10-12)27(23,24)14-4-2-1-3-13(14)26-16(18,19)20/h1-6,9,12H,7-8,10H2. The average molecular weight is 467 g/mol. The number of benzene rings is 1. The van der Waals surface area contributed by atoms with Crippen LogP contribution in [0.3, 0.4) is 0 Å². The molecule has 0 bridgehead atoms. The number of ether oxygens (including phenoxy) is 2. The second kappa shape index (κ2) is 7.64. The average Bonchev–Trinajstić information content (AvgIpc) is 3.05. The maximum Gasteiger partial charge on any atom is 0.573 e. The van der Waals surface area contributed by atoms with Gasteiger partial charge in [0.1, 0.15) is 16.7 Å². The molecule has 1 aliphatic rings. The van der Waals surface area contributed by atoms with Gasteiger partial charge in [-0.1, -0.05) is 12.1 Å². The van der Waals surface area contributed by atoms with Crippen LogP contribution in [0.1, 0.15) is 6.42 Å². The molecule has 1 aromatic carbocycles. The molecule has 6 nitrogen and oxygen atoms in total. The highest BCUT2D eigenvalue weighted by Crippen LogP contribution is 2.33. The van der Waals surface area contributed by atoms with Crippen LogP contribution in [0, 0.1) is 0 Å². The van der Waals surface area contributed by atoms with Gasteiger partial charge in [-0.25, -0.2) is 13.4 Å². The fraction of sp³-hybridized carbons (Fsp3) is 0.312. The van der Waals surface area contributed by atoms with Crippen molar-refractivity contribution in [2.24, 2.45) is 0 Å². The number of nitrogens with zero attached hydrogens (tertiary/aromatic N) is 2. The maximum absolute atomic E-state index is 12.8. The molecule has 27 heavy (non-hydrogen) atoms. The molecule has 146 valence electrons. The fourth-order valence-electron chi connectivity index (χ4n) is 2.63. The van der Waals surface area contributed by atoms with Crippen molar-refractivity contribution in [1.29, 1.82) is 0 Å². The topological polar surface area (TPSA) is 68.7 Å². The Bertz CT molecular complexity index is 907.